The van der Waals surface area contributed by atoms with E-state index in [0.29, 0.717) is 12.1 Å². The number of hydrogen-bond donors (Lipinski definition) is 1. The second kappa shape index (κ2) is 7.31. The first kappa shape index (κ1) is 19.4. The second-order valence-corrected chi connectivity index (χ2v) is 6.61. The van der Waals surface area contributed by atoms with Crippen molar-refractivity contribution in [3.63, 3.8) is 0 Å². The Morgan fingerprint density at radius 2 is 1.70 bits per heavy atom. The molecule has 0 fully saturated rings. The molecule has 1 aliphatic carbocycles. The van der Waals surface area contributed by atoms with Gasteiger partial charge in [-0.2, -0.15) is 4.39 Å². The molecule has 1 atom stereocenters. The number of unbranched alkanes of at least 4 members (excludes halogenated alkanes) is 3. The molecule has 0 bridgehead atoms. The van der Waals surface area contributed by atoms with Crippen molar-refractivity contribution in [1.29, 1.82) is 0 Å². The Balaban J connectivity index is 2.13. The number of para-hydroxylation sites is 1. The van der Waals surface area contributed by atoms with E-state index in [1.807, 2.05) is 0 Å². The molecule has 1 aromatic carbocycles. The maximum atomic E-state index is 14.5. The Kier molecular flexibility index (Phi) is 5.24. The summed E-state index contributed by atoms with van der Waals surface area (Å²) in [5, 5.41) is 10.9. The van der Waals surface area contributed by atoms with Gasteiger partial charge in [0.05, 0.1) is 0 Å². The number of aryl methyl sites for hydroxylation is 1. The van der Waals surface area contributed by atoms with Crippen LogP contribution in [0.5, 0.6) is 0 Å². The fraction of sp³-hybridized carbons (Fsp3) is 0.350. The van der Waals surface area contributed by atoms with Gasteiger partial charge in [0, 0.05) is 29.2 Å². The molecule has 7 heteroatoms. The summed E-state index contributed by atoms with van der Waals surface area (Å²) in [6.07, 6.45) is 5.13. The minimum absolute atomic E-state index is 0.266. The quantitative estimate of drug-likeness (QED) is 0.545. The Hall–Kier alpha value is -2.41. The standard InChI is InChI=1S/C20H19F4NO2/c1-2-3-4-7-10-25-11-13(12-8-5-6-9-14(12)25)20(27)18(24)16(22)15(21)17(23)19(20)26/h5-6,8-9,11,27H,2-4,7,10H2,1H3. The van der Waals surface area contributed by atoms with Gasteiger partial charge in [-0.3, -0.25) is 4.79 Å². The number of fused-ring (bicyclic) bond motifs is 1. The predicted octanol–water partition coefficient (Wildman–Crippen LogP) is 5.29. The van der Waals surface area contributed by atoms with E-state index in [4.69, 9.17) is 0 Å². The molecule has 1 unspecified atom stereocenters. The minimum Gasteiger partial charge on any atom is -0.371 e. The van der Waals surface area contributed by atoms with Crippen LogP contribution in [0.4, 0.5) is 17.6 Å². The van der Waals surface area contributed by atoms with Crippen molar-refractivity contribution in [2.45, 2.75) is 44.8 Å². The highest BCUT2D eigenvalue weighted by atomic mass is 19.2. The molecule has 0 spiro atoms. The van der Waals surface area contributed by atoms with E-state index in [0.717, 1.165) is 25.7 Å². The van der Waals surface area contributed by atoms with Gasteiger partial charge >= 0.3 is 0 Å². The molecule has 0 amide bonds. The van der Waals surface area contributed by atoms with E-state index < -0.39 is 34.7 Å². The van der Waals surface area contributed by atoms with Gasteiger partial charge in [0.15, 0.2) is 11.7 Å². The first-order chi connectivity index (χ1) is 12.8. The highest BCUT2D eigenvalue weighted by Gasteiger charge is 2.53. The van der Waals surface area contributed by atoms with E-state index in [9.17, 15) is 27.5 Å². The van der Waals surface area contributed by atoms with Gasteiger partial charge in [0.25, 0.3) is 0 Å². The zero-order valence-corrected chi connectivity index (χ0v) is 14.7. The highest BCUT2D eigenvalue weighted by molar-refractivity contribution is 6.07. The van der Waals surface area contributed by atoms with Crippen LogP contribution in [0.15, 0.2) is 53.8 Å². The summed E-state index contributed by atoms with van der Waals surface area (Å²) in [4.78, 5) is 12.2. The van der Waals surface area contributed by atoms with Gasteiger partial charge < -0.3 is 9.67 Å². The fourth-order valence-electron chi connectivity index (χ4n) is 3.38. The summed E-state index contributed by atoms with van der Waals surface area (Å²) in [6, 6.07) is 6.51. The van der Waals surface area contributed by atoms with Crippen molar-refractivity contribution in [1.82, 2.24) is 4.57 Å². The molecular weight excluding hydrogens is 362 g/mol. The molecule has 27 heavy (non-hydrogen) atoms. The van der Waals surface area contributed by atoms with Crippen LogP contribution < -0.4 is 0 Å². The number of carbonyl (C=O) groups excluding carboxylic acids is 1. The number of nitrogens with zero attached hydrogens (tertiary/aromatic N) is 1. The van der Waals surface area contributed by atoms with E-state index in [-0.39, 0.29) is 10.9 Å². The molecule has 1 aliphatic rings. The first-order valence-corrected chi connectivity index (χ1v) is 8.80. The molecule has 2 aromatic rings. The predicted molar refractivity (Wildman–Crippen MR) is 93.5 cm³/mol. The van der Waals surface area contributed by atoms with Crippen LogP contribution in [0.25, 0.3) is 10.9 Å². The van der Waals surface area contributed by atoms with Crippen molar-refractivity contribution in [3.8, 4) is 0 Å². The Labute approximate surface area is 153 Å². The lowest BCUT2D eigenvalue weighted by atomic mass is 9.84. The zero-order chi connectivity index (χ0) is 19.8. The average Bonchev–Trinajstić information content (AvgIpc) is 3.06. The lowest BCUT2D eigenvalue weighted by Gasteiger charge is -2.27. The number of aromatic nitrogens is 1. The van der Waals surface area contributed by atoms with E-state index in [1.165, 1.54) is 12.3 Å². The van der Waals surface area contributed by atoms with E-state index in [1.54, 1.807) is 22.8 Å². The number of carbonyl (C=O) groups is 1. The van der Waals surface area contributed by atoms with Gasteiger partial charge in [-0.05, 0) is 12.5 Å². The summed E-state index contributed by atoms with van der Waals surface area (Å²) in [5.41, 5.74) is -2.97. The van der Waals surface area contributed by atoms with Gasteiger partial charge in [-0.15, -0.1) is 0 Å². The van der Waals surface area contributed by atoms with Crippen molar-refractivity contribution < 1.29 is 27.5 Å². The number of Topliss-reactive ketones (excluding diaryl/α,β-unsaturated/α-hetero) is 1. The highest BCUT2D eigenvalue weighted by Crippen LogP contribution is 2.46. The second-order valence-electron chi connectivity index (χ2n) is 6.61. The van der Waals surface area contributed by atoms with Crippen LogP contribution in [-0.4, -0.2) is 15.5 Å². The van der Waals surface area contributed by atoms with Crippen LogP contribution in [0.2, 0.25) is 0 Å². The van der Waals surface area contributed by atoms with Gasteiger partial charge in [0.2, 0.25) is 23.0 Å². The molecule has 0 aliphatic heterocycles. The molecule has 3 rings (SSSR count). The monoisotopic (exact) mass is 381 g/mol. The number of ketones is 1. The Bertz CT molecular complexity index is 960. The summed E-state index contributed by atoms with van der Waals surface area (Å²) in [5.74, 6) is -10.5. The van der Waals surface area contributed by atoms with Crippen LogP contribution in [0, 0.1) is 0 Å². The SMILES string of the molecule is CCCCCCn1cc(C2(O)C(=O)C(F)=C(F)C(F)=C2F)c2ccccc21. The number of aliphatic hydroxyl groups is 1. The molecular formula is C20H19F4NO2. The van der Waals surface area contributed by atoms with Crippen molar-refractivity contribution in [2.24, 2.45) is 0 Å². The lowest BCUT2D eigenvalue weighted by molar-refractivity contribution is -0.134. The van der Waals surface area contributed by atoms with Crippen LogP contribution >= 0.6 is 0 Å². The lowest BCUT2D eigenvalue weighted by Crippen LogP contribution is -2.40. The average molecular weight is 381 g/mol. The third-order valence-corrected chi connectivity index (χ3v) is 4.85. The molecule has 0 saturated carbocycles. The summed E-state index contributed by atoms with van der Waals surface area (Å²) >= 11 is 0. The molecule has 3 nitrogen and oxygen atoms in total. The molecule has 0 saturated heterocycles. The summed E-state index contributed by atoms with van der Waals surface area (Å²) in [6.45, 7) is 2.59. The van der Waals surface area contributed by atoms with Crippen molar-refractivity contribution >= 4 is 16.7 Å². The topological polar surface area (TPSA) is 42.2 Å². The fourth-order valence-corrected chi connectivity index (χ4v) is 3.38. The van der Waals surface area contributed by atoms with Crippen molar-refractivity contribution in [3.05, 3.63) is 59.3 Å². The number of hydrogen-bond acceptors (Lipinski definition) is 2. The van der Waals surface area contributed by atoms with Crippen LogP contribution in [0.3, 0.4) is 0 Å². The molecule has 1 aromatic heterocycles. The normalized spacial score (nSPS) is 20.9. The zero-order valence-electron chi connectivity index (χ0n) is 14.7. The number of allylic oxidation sites excluding steroid dienone is 2. The smallest absolute Gasteiger partial charge is 0.237 e. The van der Waals surface area contributed by atoms with Gasteiger partial charge in [-0.1, -0.05) is 44.4 Å². The molecule has 1 N–H and O–H groups in total. The minimum atomic E-state index is -3.24. The molecule has 0 radical (unpaired) electrons. The van der Waals surface area contributed by atoms with E-state index in [2.05, 4.69) is 6.92 Å². The molecule has 144 valence electrons. The Morgan fingerprint density at radius 1 is 1.00 bits per heavy atom. The maximum Gasteiger partial charge on any atom is 0.237 e. The number of benzene rings is 1. The maximum absolute atomic E-state index is 14.5. The summed E-state index contributed by atoms with van der Waals surface area (Å²) in [7, 11) is 0. The Morgan fingerprint density at radius 3 is 2.41 bits per heavy atom. The third kappa shape index (κ3) is 3.00. The first-order valence-electron chi connectivity index (χ1n) is 8.80. The largest absolute Gasteiger partial charge is 0.371 e. The van der Waals surface area contributed by atoms with Gasteiger partial charge in [-0.25, -0.2) is 13.2 Å². The van der Waals surface area contributed by atoms with Crippen LogP contribution in [0.1, 0.15) is 38.2 Å². The summed E-state index contributed by atoms with van der Waals surface area (Å²) < 4.78 is 57.1. The van der Waals surface area contributed by atoms with Crippen molar-refractivity contribution in [2.75, 3.05) is 0 Å². The number of halogens is 4. The van der Waals surface area contributed by atoms with E-state index >= 15 is 0 Å². The third-order valence-electron chi connectivity index (χ3n) is 4.85. The molecule has 1 heterocycles. The van der Waals surface area contributed by atoms with Crippen LogP contribution in [-0.2, 0) is 16.9 Å². The van der Waals surface area contributed by atoms with Gasteiger partial charge in [0.1, 0.15) is 0 Å². The number of rotatable bonds is 6.